The molecule has 0 fully saturated rings. The molecule has 1 aromatic carbocycles. The number of esters is 1. The minimum Gasteiger partial charge on any atom is -0.756 e. The summed E-state index contributed by atoms with van der Waals surface area (Å²) in [6.07, 6.45) is 2.72. The van der Waals surface area contributed by atoms with Crippen LogP contribution in [0.5, 0.6) is 5.75 Å². The summed E-state index contributed by atoms with van der Waals surface area (Å²) in [5.41, 5.74) is 0.915. The second kappa shape index (κ2) is 13.5. The zero-order valence-corrected chi connectivity index (χ0v) is 20.6. The van der Waals surface area contributed by atoms with Crippen molar-refractivity contribution in [2.45, 2.75) is 38.3 Å². The summed E-state index contributed by atoms with van der Waals surface area (Å²) in [5, 5.41) is 9.80. The monoisotopic (exact) mass is 464 g/mol. The summed E-state index contributed by atoms with van der Waals surface area (Å²) in [5.74, 6) is -0.241. The van der Waals surface area contributed by atoms with Crippen molar-refractivity contribution in [1.29, 1.82) is 0 Å². The molecule has 2 rings (SSSR count). The van der Waals surface area contributed by atoms with E-state index in [0.717, 1.165) is 17.4 Å². The molecule has 0 spiro atoms. The maximum atomic E-state index is 11.3. The van der Waals surface area contributed by atoms with Crippen molar-refractivity contribution in [2.24, 2.45) is 5.92 Å². The number of carbonyl (C=O) groups excluding carboxylic acids is 1. The van der Waals surface area contributed by atoms with Gasteiger partial charge in [-0.25, -0.2) is 4.79 Å². The summed E-state index contributed by atoms with van der Waals surface area (Å²) in [4.78, 5) is 31.6. The maximum Gasteiger partial charge on any atom is 1.00 e. The number of phosphoric ester groups is 1. The molecule has 166 valence electrons. The zero-order valence-electron chi connectivity index (χ0n) is 17.7. The summed E-state index contributed by atoms with van der Waals surface area (Å²) < 4.78 is 31.7. The van der Waals surface area contributed by atoms with Crippen LogP contribution in [0.2, 0.25) is 0 Å². The first kappa shape index (κ1) is 28.0. The van der Waals surface area contributed by atoms with E-state index in [0.29, 0.717) is 6.61 Å². The van der Waals surface area contributed by atoms with Gasteiger partial charge in [0.2, 0.25) is 0 Å². The molecule has 0 amide bonds. The number of rotatable bonds is 11. The van der Waals surface area contributed by atoms with Gasteiger partial charge in [-0.1, -0.05) is 25.1 Å². The van der Waals surface area contributed by atoms with Crippen LogP contribution in [0.25, 0.3) is 0 Å². The van der Waals surface area contributed by atoms with Crippen LogP contribution in [0.15, 0.2) is 48.6 Å². The molecule has 0 radical (unpaired) electrons. The maximum absolute atomic E-state index is 11.3. The molecule has 11 heteroatoms. The molecule has 0 saturated heterocycles. The van der Waals surface area contributed by atoms with Crippen LogP contribution in [0, 0.1) is 5.92 Å². The molecular formula is C20H26NaO9P. The quantitative estimate of drug-likeness (QED) is 0.173. The van der Waals surface area contributed by atoms with E-state index in [4.69, 9.17) is 23.6 Å². The van der Waals surface area contributed by atoms with Gasteiger partial charge in [0.1, 0.15) is 18.0 Å². The van der Waals surface area contributed by atoms with E-state index in [1.54, 1.807) is 26.2 Å². The van der Waals surface area contributed by atoms with Crippen molar-refractivity contribution in [3.05, 3.63) is 54.1 Å². The van der Waals surface area contributed by atoms with Crippen LogP contribution in [-0.4, -0.2) is 48.0 Å². The molecule has 1 heterocycles. The van der Waals surface area contributed by atoms with Crippen LogP contribution >= 0.6 is 7.82 Å². The van der Waals surface area contributed by atoms with E-state index in [2.05, 4.69) is 0 Å². The summed E-state index contributed by atoms with van der Waals surface area (Å²) in [7, 11) is -3.39. The van der Waals surface area contributed by atoms with Crippen molar-refractivity contribution in [3.63, 3.8) is 0 Å². The number of aliphatic hydroxyl groups excluding tert-OH is 1. The van der Waals surface area contributed by atoms with Gasteiger partial charge in [-0.2, -0.15) is 0 Å². The van der Waals surface area contributed by atoms with Crippen LogP contribution in [0.3, 0.4) is 0 Å². The van der Waals surface area contributed by atoms with Gasteiger partial charge in [-0.3, -0.25) is 4.57 Å². The number of hydrogen-bond donors (Lipinski definition) is 2. The third-order valence-electron chi connectivity index (χ3n) is 4.42. The average Bonchev–Trinajstić information content (AvgIpc) is 2.69. The Hall–Kier alpha value is -1.00. The van der Waals surface area contributed by atoms with Gasteiger partial charge in [0.05, 0.1) is 26.4 Å². The Balaban J connectivity index is 0.00000480. The Morgan fingerprint density at radius 1 is 1.32 bits per heavy atom. The van der Waals surface area contributed by atoms with Crippen LogP contribution in [0.1, 0.15) is 18.9 Å². The summed E-state index contributed by atoms with van der Waals surface area (Å²) >= 11 is 0. The van der Waals surface area contributed by atoms with E-state index in [1.165, 1.54) is 18.2 Å². The van der Waals surface area contributed by atoms with E-state index >= 15 is 0 Å². The molecule has 0 bridgehead atoms. The van der Waals surface area contributed by atoms with E-state index in [9.17, 15) is 19.4 Å². The zero-order chi connectivity index (χ0) is 22.1. The van der Waals surface area contributed by atoms with Crippen molar-refractivity contribution in [3.8, 4) is 5.75 Å². The largest absolute Gasteiger partial charge is 1.00 e. The van der Waals surface area contributed by atoms with Crippen LogP contribution in [0.4, 0.5) is 0 Å². The molecule has 9 nitrogen and oxygen atoms in total. The van der Waals surface area contributed by atoms with Gasteiger partial charge >= 0.3 is 35.5 Å². The minimum absolute atomic E-state index is 0. The molecule has 0 saturated carbocycles. The second-order valence-corrected chi connectivity index (χ2v) is 8.02. The third kappa shape index (κ3) is 10.4. The number of aliphatic hydroxyl groups is 1. The number of benzene rings is 1. The molecule has 1 unspecified atom stereocenters. The van der Waals surface area contributed by atoms with Gasteiger partial charge in [-0.05, 0) is 36.3 Å². The average molecular weight is 464 g/mol. The van der Waals surface area contributed by atoms with Crippen molar-refractivity contribution in [1.82, 2.24) is 0 Å². The number of carbonyl (C=O) groups is 1. The standard InChI is InChI=1S/C20H27O9P.Na/c1-14(12-27-13-15-6-8-16(26-2)9-7-15)18(29-30(23,24)25)4-3-5-19-17(21)10-11-20(22)28-19;/h3,5-11,14,17-19,21H,4,12-13H2,1-2H3,(H2,23,24,25);/q;+1/p-1/b5-3+;/t14-,17-,18-,19-;/m0./s1. The molecule has 5 atom stereocenters. The smallest absolute Gasteiger partial charge is 0.756 e. The van der Waals surface area contributed by atoms with E-state index in [1.807, 2.05) is 12.1 Å². The van der Waals surface area contributed by atoms with Gasteiger partial charge in [0.15, 0.2) is 0 Å². The Morgan fingerprint density at radius 2 is 2.00 bits per heavy atom. The predicted octanol–water partition coefficient (Wildman–Crippen LogP) is -1.51. The Labute approximate surface area is 203 Å². The van der Waals surface area contributed by atoms with Crippen LogP contribution < -0.4 is 39.2 Å². The molecule has 1 aromatic rings. The normalized spacial score (nSPS) is 22.3. The molecular weight excluding hydrogens is 438 g/mol. The van der Waals surface area contributed by atoms with Gasteiger partial charge in [0, 0.05) is 12.0 Å². The second-order valence-electron chi connectivity index (χ2n) is 6.87. The first-order valence-corrected chi connectivity index (χ1v) is 10.8. The number of methoxy groups -OCH3 is 1. The van der Waals surface area contributed by atoms with Crippen molar-refractivity contribution >= 4 is 13.8 Å². The number of cyclic esters (lactones) is 1. The number of ether oxygens (including phenoxy) is 3. The SMILES string of the molecule is COc1ccc(COC[C@H](C)[C@H](C/C=C/[C@@H]2OC(=O)C=C[C@@H]2O)OP(=O)([O-])O)cc1.[Na+]. The summed E-state index contributed by atoms with van der Waals surface area (Å²) in [6.45, 7) is 2.20. The fourth-order valence-electron chi connectivity index (χ4n) is 2.77. The fraction of sp³-hybridized carbons (Fsp3) is 0.450. The summed E-state index contributed by atoms with van der Waals surface area (Å²) in [6, 6.07) is 7.32. The molecule has 0 aliphatic carbocycles. The molecule has 31 heavy (non-hydrogen) atoms. The van der Waals surface area contributed by atoms with Gasteiger partial charge in [0.25, 0.3) is 7.82 Å². The van der Waals surface area contributed by atoms with Crippen molar-refractivity contribution < 1.29 is 72.5 Å². The third-order valence-corrected chi connectivity index (χ3v) is 4.96. The molecule has 0 aromatic heterocycles. The van der Waals surface area contributed by atoms with Gasteiger partial charge in [-0.15, -0.1) is 0 Å². The van der Waals surface area contributed by atoms with E-state index < -0.39 is 32.1 Å². The van der Waals surface area contributed by atoms with E-state index in [-0.39, 0.29) is 48.5 Å². The van der Waals surface area contributed by atoms with Crippen molar-refractivity contribution in [2.75, 3.05) is 13.7 Å². The minimum atomic E-state index is -4.97. The first-order chi connectivity index (χ1) is 14.2. The molecule has 1 aliphatic rings. The Morgan fingerprint density at radius 3 is 2.61 bits per heavy atom. The van der Waals surface area contributed by atoms with Crippen LogP contribution in [-0.2, 0) is 30.0 Å². The predicted molar refractivity (Wildman–Crippen MR) is 105 cm³/mol. The van der Waals surface area contributed by atoms with Gasteiger partial charge < -0.3 is 33.6 Å². The molecule has 2 N–H and O–H groups in total. The topological polar surface area (TPSA) is 135 Å². The Kier molecular flexibility index (Phi) is 12.2. The Bertz CT molecular complexity index is 790. The number of phosphoric acid groups is 1. The number of hydrogen-bond acceptors (Lipinski definition) is 8. The molecule has 1 aliphatic heterocycles. The fourth-order valence-corrected chi connectivity index (χ4v) is 3.41. The first-order valence-electron chi connectivity index (χ1n) is 9.34.